The predicted octanol–water partition coefficient (Wildman–Crippen LogP) is 2.08. The highest BCUT2D eigenvalue weighted by molar-refractivity contribution is 7.10. The van der Waals surface area contributed by atoms with Crippen LogP contribution in [-0.2, 0) is 0 Å². The Hall–Kier alpha value is -0.340. The second-order valence-corrected chi connectivity index (χ2v) is 3.20. The lowest BCUT2D eigenvalue weighted by molar-refractivity contribution is 0.831. The molecule has 0 unspecified atom stereocenters. The summed E-state index contributed by atoms with van der Waals surface area (Å²) in [5.41, 5.74) is 6.98. The van der Waals surface area contributed by atoms with Gasteiger partial charge in [-0.3, -0.25) is 0 Å². The van der Waals surface area contributed by atoms with Gasteiger partial charge in [-0.05, 0) is 30.9 Å². The quantitative estimate of drug-likeness (QED) is 0.636. The van der Waals surface area contributed by atoms with Gasteiger partial charge in [0.1, 0.15) is 0 Å². The maximum Gasteiger partial charge on any atom is 0.0363 e. The van der Waals surface area contributed by atoms with Gasteiger partial charge in [0.2, 0.25) is 0 Å². The normalized spacial score (nSPS) is 13.7. The Bertz CT molecular complexity index is 191. The van der Waals surface area contributed by atoms with Crippen LogP contribution in [0.2, 0.25) is 0 Å². The Balaban J connectivity index is 2.94. The van der Waals surface area contributed by atoms with Gasteiger partial charge in [-0.25, -0.2) is 0 Å². The van der Waals surface area contributed by atoms with Crippen molar-refractivity contribution in [2.75, 3.05) is 0 Å². The number of hydrogen-bond donors (Lipinski definition) is 1. The molecule has 0 aliphatic carbocycles. The van der Waals surface area contributed by atoms with E-state index in [2.05, 4.69) is 18.4 Å². The third-order valence-corrected chi connectivity index (χ3v) is 2.54. The Morgan fingerprint density at radius 2 is 2.33 bits per heavy atom. The fourth-order valence-electron chi connectivity index (χ4n) is 0.851. The molecule has 9 heavy (non-hydrogen) atoms. The first-order valence-electron chi connectivity index (χ1n) is 3.01. The van der Waals surface area contributed by atoms with E-state index in [1.54, 1.807) is 11.3 Å². The zero-order valence-electron chi connectivity index (χ0n) is 5.72. The molecule has 0 saturated carbocycles. The lowest BCUT2D eigenvalue weighted by Crippen LogP contribution is -2.03. The van der Waals surface area contributed by atoms with E-state index < -0.39 is 0 Å². The highest BCUT2D eigenvalue weighted by Gasteiger charge is 2.02. The van der Waals surface area contributed by atoms with Crippen LogP contribution in [0.3, 0.4) is 0 Å². The van der Waals surface area contributed by atoms with Gasteiger partial charge in [-0.15, -0.1) is 11.3 Å². The average molecular weight is 141 g/mol. The first-order valence-corrected chi connectivity index (χ1v) is 3.89. The Labute approximate surface area is 59.5 Å². The van der Waals surface area contributed by atoms with Crippen molar-refractivity contribution in [3.8, 4) is 0 Å². The zero-order chi connectivity index (χ0) is 6.85. The van der Waals surface area contributed by atoms with Crippen LogP contribution in [-0.4, -0.2) is 0 Å². The third-order valence-electron chi connectivity index (χ3n) is 1.32. The summed E-state index contributed by atoms with van der Waals surface area (Å²) in [7, 11) is 0. The lowest BCUT2D eigenvalue weighted by atomic mass is 10.2. The van der Waals surface area contributed by atoms with Crippen LogP contribution in [0.25, 0.3) is 0 Å². The van der Waals surface area contributed by atoms with Gasteiger partial charge in [0.15, 0.2) is 0 Å². The maximum atomic E-state index is 5.67. The van der Waals surface area contributed by atoms with E-state index in [0.29, 0.717) is 0 Å². The highest BCUT2D eigenvalue weighted by atomic mass is 32.1. The van der Waals surface area contributed by atoms with E-state index in [4.69, 9.17) is 5.73 Å². The molecule has 0 saturated heterocycles. The molecule has 50 valence electrons. The fourth-order valence-corrected chi connectivity index (χ4v) is 1.74. The van der Waals surface area contributed by atoms with Crippen LogP contribution in [0.5, 0.6) is 0 Å². The summed E-state index contributed by atoms with van der Waals surface area (Å²) >= 11 is 1.73. The molecule has 1 atom stereocenters. The Morgan fingerprint density at radius 3 is 2.56 bits per heavy atom. The molecular formula is C7H11NS. The van der Waals surface area contributed by atoms with Gasteiger partial charge >= 0.3 is 0 Å². The first kappa shape index (κ1) is 6.78. The third kappa shape index (κ3) is 1.32. The molecule has 0 spiro atoms. The monoisotopic (exact) mass is 141 g/mol. The van der Waals surface area contributed by atoms with Gasteiger partial charge in [0.05, 0.1) is 0 Å². The van der Waals surface area contributed by atoms with Gasteiger partial charge < -0.3 is 5.73 Å². The molecule has 0 radical (unpaired) electrons. The van der Waals surface area contributed by atoms with Crippen molar-refractivity contribution in [1.29, 1.82) is 0 Å². The molecular weight excluding hydrogens is 130 g/mol. The van der Waals surface area contributed by atoms with Crippen molar-refractivity contribution in [2.24, 2.45) is 5.73 Å². The van der Waals surface area contributed by atoms with Gasteiger partial charge in [-0.2, -0.15) is 0 Å². The van der Waals surface area contributed by atoms with Crippen LogP contribution >= 0.6 is 11.3 Å². The standard InChI is InChI=1S/C7H11NS/c1-5-3-4-9-7(5)6(2)8/h3-4,6H,8H2,1-2H3/t6-/m1/s1. The van der Waals surface area contributed by atoms with Crippen LogP contribution in [0.1, 0.15) is 23.4 Å². The molecule has 0 bridgehead atoms. The Kier molecular flexibility index (Phi) is 1.88. The van der Waals surface area contributed by atoms with E-state index in [1.165, 1.54) is 10.4 Å². The summed E-state index contributed by atoms with van der Waals surface area (Å²) in [6.45, 7) is 4.11. The van der Waals surface area contributed by atoms with Crippen LogP contribution in [0, 0.1) is 6.92 Å². The number of aryl methyl sites for hydroxylation is 1. The molecule has 1 aromatic rings. The van der Waals surface area contributed by atoms with Crippen molar-refractivity contribution in [3.63, 3.8) is 0 Å². The van der Waals surface area contributed by atoms with Crippen molar-refractivity contribution in [2.45, 2.75) is 19.9 Å². The molecule has 1 rings (SSSR count). The maximum absolute atomic E-state index is 5.67. The number of rotatable bonds is 1. The SMILES string of the molecule is Cc1ccsc1[C@@H](C)N. The van der Waals surface area contributed by atoms with Crippen molar-refractivity contribution >= 4 is 11.3 Å². The molecule has 0 amide bonds. The second-order valence-electron chi connectivity index (χ2n) is 2.26. The van der Waals surface area contributed by atoms with Crippen LogP contribution in [0.4, 0.5) is 0 Å². The molecule has 1 heterocycles. The van der Waals surface area contributed by atoms with Gasteiger partial charge in [0, 0.05) is 10.9 Å². The Morgan fingerprint density at radius 1 is 1.67 bits per heavy atom. The molecule has 0 aromatic carbocycles. The molecule has 1 nitrogen and oxygen atoms in total. The van der Waals surface area contributed by atoms with E-state index in [-0.39, 0.29) is 6.04 Å². The largest absolute Gasteiger partial charge is 0.323 e. The molecule has 0 aliphatic rings. The summed E-state index contributed by atoms with van der Waals surface area (Å²) in [5.74, 6) is 0. The minimum absolute atomic E-state index is 0.199. The van der Waals surface area contributed by atoms with E-state index in [9.17, 15) is 0 Å². The second kappa shape index (κ2) is 2.50. The fraction of sp³-hybridized carbons (Fsp3) is 0.429. The van der Waals surface area contributed by atoms with Gasteiger partial charge in [-0.1, -0.05) is 0 Å². The minimum atomic E-state index is 0.199. The summed E-state index contributed by atoms with van der Waals surface area (Å²) in [6, 6.07) is 2.30. The summed E-state index contributed by atoms with van der Waals surface area (Å²) < 4.78 is 0. The first-order chi connectivity index (χ1) is 4.22. The minimum Gasteiger partial charge on any atom is -0.323 e. The smallest absolute Gasteiger partial charge is 0.0363 e. The molecule has 1 aromatic heterocycles. The molecule has 2 N–H and O–H groups in total. The van der Waals surface area contributed by atoms with Crippen molar-refractivity contribution in [1.82, 2.24) is 0 Å². The predicted molar refractivity (Wildman–Crippen MR) is 41.7 cm³/mol. The van der Waals surface area contributed by atoms with Crippen LogP contribution in [0.15, 0.2) is 11.4 Å². The summed E-state index contributed by atoms with van der Waals surface area (Å²) in [6.07, 6.45) is 0. The van der Waals surface area contributed by atoms with Crippen molar-refractivity contribution in [3.05, 3.63) is 21.9 Å². The summed E-state index contributed by atoms with van der Waals surface area (Å²) in [5, 5.41) is 2.08. The molecule has 0 aliphatic heterocycles. The van der Waals surface area contributed by atoms with E-state index >= 15 is 0 Å². The van der Waals surface area contributed by atoms with Crippen molar-refractivity contribution < 1.29 is 0 Å². The molecule has 0 fully saturated rings. The number of hydrogen-bond acceptors (Lipinski definition) is 2. The highest BCUT2D eigenvalue weighted by Crippen LogP contribution is 2.20. The topological polar surface area (TPSA) is 26.0 Å². The summed E-state index contributed by atoms with van der Waals surface area (Å²) in [4.78, 5) is 1.30. The molecule has 2 heteroatoms. The lowest BCUT2D eigenvalue weighted by Gasteiger charge is -2.00. The average Bonchev–Trinajstić information content (AvgIpc) is 2.13. The van der Waals surface area contributed by atoms with Gasteiger partial charge in [0.25, 0.3) is 0 Å². The van der Waals surface area contributed by atoms with E-state index in [0.717, 1.165) is 0 Å². The van der Waals surface area contributed by atoms with E-state index in [1.807, 2.05) is 6.92 Å². The zero-order valence-corrected chi connectivity index (χ0v) is 6.53. The number of nitrogens with two attached hydrogens (primary N) is 1. The van der Waals surface area contributed by atoms with Crippen LogP contribution < -0.4 is 5.73 Å². The number of thiophene rings is 1.